The summed E-state index contributed by atoms with van der Waals surface area (Å²) in [4.78, 5) is 19.0. The van der Waals surface area contributed by atoms with Crippen molar-refractivity contribution in [1.82, 2.24) is 24.6 Å². The average molecular weight is 382 g/mol. The van der Waals surface area contributed by atoms with Gasteiger partial charge in [-0.05, 0) is 32.4 Å². The molecule has 1 saturated heterocycles. The highest BCUT2D eigenvalue weighted by Gasteiger charge is 2.26. The molecule has 0 atom stereocenters. The molecule has 0 N–H and O–H groups in total. The maximum atomic E-state index is 4.87. The van der Waals surface area contributed by atoms with Gasteiger partial charge in [0, 0.05) is 49.6 Å². The Morgan fingerprint density at radius 1 is 1.00 bits per heavy atom. The minimum Gasteiger partial charge on any atom is -0.353 e. The van der Waals surface area contributed by atoms with Crippen LogP contribution in [0.3, 0.4) is 0 Å². The molecule has 4 heterocycles. The summed E-state index contributed by atoms with van der Waals surface area (Å²) in [7, 11) is 0. The predicted octanol–water partition coefficient (Wildman–Crippen LogP) is 2.36. The molecule has 0 saturated carbocycles. The van der Waals surface area contributed by atoms with Gasteiger partial charge in [0.25, 0.3) is 0 Å². The Labute approximate surface area is 162 Å². The fourth-order valence-corrected chi connectivity index (χ4v) is 4.51. The highest BCUT2D eigenvalue weighted by atomic mass is 32.2. The lowest BCUT2D eigenvalue weighted by Gasteiger charge is -2.37. The van der Waals surface area contributed by atoms with Crippen LogP contribution in [0.15, 0.2) is 23.5 Å². The SMILES string of the molecule is CSc1nc2c(c(N3CCN(c4cc(C)nc5ccnn45)CC3)n1)CCC2. The van der Waals surface area contributed by atoms with Gasteiger partial charge >= 0.3 is 0 Å². The Morgan fingerprint density at radius 2 is 1.81 bits per heavy atom. The number of nitrogens with zero attached hydrogens (tertiary/aromatic N) is 7. The van der Waals surface area contributed by atoms with Gasteiger partial charge in [-0.3, -0.25) is 0 Å². The number of piperazine rings is 1. The van der Waals surface area contributed by atoms with E-state index in [0.717, 1.165) is 67.2 Å². The average Bonchev–Trinajstić information content (AvgIpc) is 3.35. The number of aryl methyl sites for hydroxylation is 2. The van der Waals surface area contributed by atoms with Crippen LogP contribution in [0.1, 0.15) is 23.4 Å². The first kappa shape index (κ1) is 16.8. The number of thioether (sulfide) groups is 1. The molecule has 1 aliphatic heterocycles. The van der Waals surface area contributed by atoms with Gasteiger partial charge in [0.2, 0.25) is 0 Å². The van der Waals surface area contributed by atoms with Crippen LogP contribution in [0.5, 0.6) is 0 Å². The molecule has 0 amide bonds. The summed E-state index contributed by atoms with van der Waals surface area (Å²) < 4.78 is 1.94. The van der Waals surface area contributed by atoms with Crippen molar-refractivity contribution >= 4 is 29.0 Å². The molecule has 8 heteroatoms. The largest absolute Gasteiger partial charge is 0.353 e. The second-order valence-corrected chi connectivity index (χ2v) is 7.92. The lowest BCUT2D eigenvalue weighted by molar-refractivity contribution is 0.627. The maximum Gasteiger partial charge on any atom is 0.189 e. The number of hydrogen-bond acceptors (Lipinski definition) is 7. The molecular weight excluding hydrogens is 358 g/mol. The molecule has 0 spiro atoms. The van der Waals surface area contributed by atoms with Gasteiger partial charge in [0.15, 0.2) is 10.8 Å². The second-order valence-electron chi connectivity index (χ2n) is 7.14. The Kier molecular flexibility index (Phi) is 4.15. The minimum absolute atomic E-state index is 0.899. The Hall–Kier alpha value is -2.35. The molecule has 5 rings (SSSR count). The van der Waals surface area contributed by atoms with E-state index in [4.69, 9.17) is 9.97 Å². The summed E-state index contributed by atoms with van der Waals surface area (Å²) in [5.41, 5.74) is 4.56. The third-order valence-corrected chi connectivity index (χ3v) is 5.99. The molecule has 0 radical (unpaired) electrons. The number of fused-ring (bicyclic) bond motifs is 2. The summed E-state index contributed by atoms with van der Waals surface area (Å²) in [6.45, 7) is 5.86. The monoisotopic (exact) mass is 381 g/mol. The lowest BCUT2D eigenvalue weighted by atomic mass is 10.2. The number of aromatic nitrogens is 5. The highest BCUT2D eigenvalue weighted by Crippen LogP contribution is 2.31. The van der Waals surface area contributed by atoms with Crippen molar-refractivity contribution in [3.05, 3.63) is 35.3 Å². The van der Waals surface area contributed by atoms with E-state index < -0.39 is 0 Å². The molecule has 0 unspecified atom stereocenters. The minimum atomic E-state index is 0.899. The quantitative estimate of drug-likeness (QED) is 0.510. The van der Waals surface area contributed by atoms with E-state index in [1.54, 1.807) is 11.8 Å². The standard InChI is InChI=1S/C19H23N7S/c1-13-12-17(26-16(21-13)6-7-20-26)24-8-10-25(11-9-24)18-14-4-3-5-15(14)22-19(23-18)27-2/h6-7,12H,3-5,8-11H2,1-2H3. The molecule has 140 valence electrons. The van der Waals surface area contributed by atoms with E-state index in [1.165, 1.54) is 17.7 Å². The topological polar surface area (TPSA) is 62.5 Å². The molecule has 2 aliphatic rings. The summed E-state index contributed by atoms with van der Waals surface area (Å²) in [5.74, 6) is 2.29. The van der Waals surface area contributed by atoms with Crippen molar-refractivity contribution in [3.8, 4) is 0 Å². The van der Waals surface area contributed by atoms with Gasteiger partial charge in [-0.25, -0.2) is 15.0 Å². The van der Waals surface area contributed by atoms with E-state index in [9.17, 15) is 0 Å². The van der Waals surface area contributed by atoms with E-state index in [1.807, 2.05) is 23.7 Å². The van der Waals surface area contributed by atoms with Gasteiger partial charge in [-0.15, -0.1) is 0 Å². The lowest BCUT2D eigenvalue weighted by Crippen LogP contribution is -2.47. The van der Waals surface area contributed by atoms with E-state index in [0.29, 0.717) is 0 Å². The Morgan fingerprint density at radius 3 is 2.63 bits per heavy atom. The van der Waals surface area contributed by atoms with Crippen molar-refractivity contribution in [3.63, 3.8) is 0 Å². The van der Waals surface area contributed by atoms with Crippen LogP contribution in [-0.2, 0) is 12.8 Å². The summed E-state index contributed by atoms with van der Waals surface area (Å²) in [5, 5.41) is 5.36. The van der Waals surface area contributed by atoms with Gasteiger partial charge in [0.05, 0.1) is 11.9 Å². The van der Waals surface area contributed by atoms with Crippen molar-refractivity contribution in [2.75, 3.05) is 42.2 Å². The maximum absolute atomic E-state index is 4.87. The smallest absolute Gasteiger partial charge is 0.189 e. The normalized spacial score (nSPS) is 17.0. The van der Waals surface area contributed by atoms with Gasteiger partial charge in [0.1, 0.15) is 11.6 Å². The third kappa shape index (κ3) is 2.92. The first-order chi connectivity index (χ1) is 13.2. The van der Waals surface area contributed by atoms with Crippen molar-refractivity contribution < 1.29 is 0 Å². The predicted molar refractivity (Wildman–Crippen MR) is 108 cm³/mol. The summed E-state index contributed by atoms with van der Waals surface area (Å²) in [6.07, 6.45) is 7.26. The van der Waals surface area contributed by atoms with Crippen LogP contribution >= 0.6 is 11.8 Å². The van der Waals surface area contributed by atoms with E-state index >= 15 is 0 Å². The van der Waals surface area contributed by atoms with Crippen LogP contribution in [0, 0.1) is 6.92 Å². The van der Waals surface area contributed by atoms with Crippen molar-refractivity contribution in [2.45, 2.75) is 31.3 Å². The van der Waals surface area contributed by atoms with Crippen LogP contribution in [0.25, 0.3) is 5.65 Å². The molecule has 27 heavy (non-hydrogen) atoms. The van der Waals surface area contributed by atoms with Crippen molar-refractivity contribution in [1.29, 1.82) is 0 Å². The number of anilines is 2. The molecule has 3 aromatic rings. The van der Waals surface area contributed by atoms with Crippen LogP contribution < -0.4 is 9.80 Å². The number of hydrogen-bond donors (Lipinski definition) is 0. The molecular formula is C19H23N7S. The fraction of sp³-hybridized carbons (Fsp3) is 0.474. The third-order valence-electron chi connectivity index (χ3n) is 5.45. The van der Waals surface area contributed by atoms with E-state index in [-0.39, 0.29) is 0 Å². The van der Waals surface area contributed by atoms with Crippen LogP contribution in [0.2, 0.25) is 0 Å². The molecule has 3 aromatic heterocycles. The summed E-state index contributed by atoms with van der Waals surface area (Å²) >= 11 is 1.64. The highest BCUT2D eigenvalue weighted by molar-refractivity contribution is 7.98. The van der Waals surface area contributed by atoms with Gasteiger partial charge < -0.3 is 9.80 Å². The second kappa shape index (κ2) is 6.67. The molecule has 7 nitrogen and oxygen atoms in total. The van der Waals surface area contributed by atoms with Crippen molar-refractivity contribution in [2.24, 2.45) is 0 Å². The molecule has 0 bridgehead atoms. The molecule has 1 fully saturated rings. The zero-order chi connectivity index (χ0) is 18.4. The van der Waals surface area contributed by atoms with Gasteiger partial charge in [-0.1, -0.05) is 11.8 Å². The number of rotatable bonds is 3. The first-order valence-electron chi connectivity index (χ1n) is 9.48. The zero-order valence-corrected chi connectivity index (χ0v) is 16.5. The summed E-state index contributed by atoms with van der Waals surface area (Å²) in [6, 6.07) is 4.09. The Balaban J connectivity index is 1.41. The van der Waals surface area contributed by atoms with Gasteiger partial charge in [-0.2, -0.15) is 9.61 Å². The van der Waals surface area contributed by atoms with E-state index in [2.05, 4.69) is 32.2 Å². The fourth-order valence-electron chi connectivity index (χ4n) is 4.13. The zero-order valence-electron chi connectivity index (χ0n) is 15.7. The van der Waals surface area contributed by atoms with Crippen LogP contribution in [-0.4, -0.2) is 57.0 Å². The Bertz CT molecular complexity index is 991. The molecule has 1 aliphatic carbocycles. The first-order valence-corrected chi connectivity index (χ1v) is 10.7. The van der Waals surface area contributed by atoms with Crippen LogP contribution in [0.4, 0.5) is 11.6 Å². The molecule has 0 aromatic carbocycles.